The van der Waals surface area contributed by atoms with Gasteiger partial charge < -0.3 is 9.84 Å². The van der Waals surface area contributed by atoms with Gasteiger partial charge in [0, 0.05) is 0 Å². The molecule has 0 aromatic heterocycles. The van der Waals surface area contributed by atoms with Crippen molar-refractivity contribution >= 4 is 17.7 Å². The summed E-state index contributed by atoms with van der Waals surface area (Å²) in [6.07, 6.45) is -0.385. The number of hydrogen-bond acceptors (Lipinski definition) is 3. The third-order valence-electron chi connectivity index (χ3n) is 2.79. The maximum Gasteiger partial charge on any atom is 0.414 e. The number of amides is 1. The monoisotopic (exact) mass is 235 g/mol. The highest BCUT2D eigenvalue weighted by Gasteiger charge is 2.31. The minimum atomic E-state index is -0.975. The summed E-state index contributed by atoms with van der Waals surface area (Å²) in [5.74, 6) is -0.975. The van der Waals surface area contributed by atoms with Gasteiger partial charge in [0.25, 0.3) is 0 Å². The first-order valence-electron chi connectivity index (χ1n) is 5.30. The first-order chi connectivity index (χ1) is 8.00. The molecule has 2 rings (SSSR count). The van der Waals surface area contributed by atoms with Crippen molar-refractivity contribution < 1.29 is 19.4 Å². The van der Waals surface area contributed by atoms with Gasteiger partial charge in [-0.2, -0.15) is 0 Å². The largest absolute Gasteiger partial charge is 0.478 e. The molecule has 5 heteroatoms. The number of rotatable bonds is 2. The molecule has 1 amide bonds. The summed E-state index contributed by atoms with van der Waals surface area (Å²) in [6.45, 7) is 4.02. The highest BCUT2D eigenvalue weighted by Crippen LogP contribution is 2.27. The van der Waals surface area contributed by atoms with E-state index in [1.807, 2.05) is 6.92 Å². The number of carbonyl (C=O) groups is 2. The van der Waals surface area contributed by atoms with Crippen LogP contribution in [0.15, 0.2) is 18.2 Å². The second-order valence-electron chi connectivity index (χ2n) is 4.10. The van der Waals surface area contributed by atoms with Crippen LogP contribution in [0.25, 0.3) is 0 Å². The molecule has 1 saturated heterocycles. The fourth-order valence-corrected chi connectivity index (χ4v) is 1.91. The van der Waals surface area contributed by atoms with Crippen LogP contribution < -0.4 is 4.90 Å². The van der Waals surface area contributed by atoms with Gasteiger partial charge in [-0.1, -0.05) is 0 Å². The van der Waals surface area contributed by atoms with E-state index >= 15 is 0 Å². The second-order valence-corrected chi connectivity index (χ2v) is 4.10. The number of carbonyl (C=O) groups excluding carboxylic acids is 1. The number of anilines is 1. The molecule has 0 aliphatic carbocycles. The van der Waals surface area contributed by atoms with Crippen molar-refractivity contribution in [2.75, 3.05) is 11.5 Å². The molecule has 1 aliphatic heterocycles. The summed E-state index contributed by atoms with van der Waals surface area (Å²) in [5, 5.41) is 8.86. The van der Waals surface area contributed by atoms with Crippen LogP contribution in [0.2, 0.25) is 0 Å². The topological polar surface area (TPSA) is 66.8 Å². The Kier molecular flexibility index (Phi) is 2.75. The van der Waals surface area contributed by atoms with E-state index in [1.165, 1.54) is 6.07 Å². The molecular formula is C12H13NO4. The SMILES string of the molecule is Cc1cc(C(=O)O)ccc1N1C(=O)OCC1C. The molecule has 0 spiro atoms. The van der Waals surface area contributed by atoms with Gasteiger partial charge in [0.1, 0.15) is 6.61 Å². The van der Waals surface area contributed by atoms with Gasteiger partial charge >= 0.3 is 12.1 Å². The predicted molar refractivity (Wildman–Crippen MR) is 61.4 cm³/mol. The van der Waals surface area contributed by atoms with E-state index in [1.54, 1.807) is 24.0 Å². The van der Waals surface area contributed by atoms with E-state index < -0.39 is 5.97 Å². The van der Waals surface area contributed by atoms with E-state index in [2.05, 4.69) is 0 Å². The number of hydrogen-bond donors (Lipinski definition) is 1. The Bertz CT molecular complexity index is 483. The molecule has 0 bridgehead atoms. The minimum absolute atomic E-state index is 0.0307. The average molecular weight is 235 g/mol. The maximum atomic E-state index is 11.5. The van der Waals surface area contributed by atoms with Crippen molar-refractivity contribution in [2.24, 2.45) is 0 Å². The lowest BCUT2D eigenvalue weighted by atomic mass is 10.1. The zero-order chi connectivity index (χ0) is 12.6. The number of aryl methyl sites for hydroxylation is 1. The Balaban J connectivity index is 2.40. The van der Waals surface area contributed by atoms with Gasteiger partial charge in [-0.15, -0.1) is 0 Å². The molecule has 1 heterocycles. The Hall–Kier alpha value is -2.04. The molecule has 0 radical (unpaired) electrons. The predicted octanol–water partition coefficient (Wildman–Crippen LogP) is 2.04. The Morgan fingerprint density at radius 3 is 2.71 bits per heavy atom. The summed E-state index contributed by atoms with van der Waals surface area (Å²) < 4.78 is 4.94. The molecule has 1 aliphatic rings. The highest BCUT2D eigenvalue weighted by atomic mass is 16.6. The summed E-state index contributed by atoms with van der Waals surface area (Å²) >= 11 is 0. The molecule has 1 unspecified atom stereocenters. The smallest absolute Gasteiger partial charge is 0.414 e. The van der Waals surface area contributed by atoms with Gasteiger partial charge in [-0.3, -0.25) is 4.90 Å². The molecular weight excluding hydrogens is 222 g/mol. The van der Waals surface area contributed by atoms with Gasteiger partial charge in [-0.05, 0) is 37.6 Å². The molecule has 0 saturated carbocycles. The van der Waals surface area contributed by atoms with Crippen molar-refractivity contribution in [1.82, 2.24) is 0 Å². The van der Waals surface area contributed by atoms with Crippen LogP contribution in [0.4, 0.5) is 10.5 Å². The lowest BCUT2D eigenvalue weighted by Crippen LogP contribution is -2.31. The summed E-state index contributed by atoms with van der Waals surface area (Å²) in [6, 6.07) is 4.65. The van der Waals surface area contributed by atoms with Crippen molar-refractivity contribution in [3.63, 3.8) is 0 Å². The van der Waals surface area contributed by atoms with Crippen LogP contribution in [0.5, 0.6) is 0 Å². The molecule has 1 N–H and O–H groups in total. The lowest BCUT2D eigenvalue weighted by Gasteiger charge is -2.20. The van der Waals surface area contributed by atoms with E-state index in [0.29, 0.717) is 12.3 Å². The quantitative estimate of drug-likeness (QED) is 0.851. The number of benzene rings is 1. The number of aromatic carboxylic acids is 1. The number of nitrogens with zero attached hydrogens (tertiary/aromatic N) is 1. The highest BCUT2D eigenvalue weighted by molar-refractivity contribution is 5.93. The molecule has 17 heavy (non-hydrogen) atoms. The third-order valence-corrected chi connectivity index (χ3v) is 2.79. The van der Waals surface area contributed by atoms with Crippen molar-refractivity contribution in [2.45, 2.75) is 19.9 Å². The van der Waals surface area contributed by atoms with Crippen LogP contribution in [0, 0.1) is 6.92 Å². The van der Waals surface area contributed by atoms with Crippen molar-refractivity contribution in [3.05, 3.63) is 29.3 Å². The van der Waals surface area contributed by atoms with Crippen LogP contribution in [-0.2, 0) is 4.74 Å². The summed E-state index contributed by atoms with van der Waals surface area (Å²) in [4.78, 5) is 23.9. The van der Waals surface area contributed by atoms with E-state index in [-0.39, 0.29) is 17.7 Å². The zero-order valence-electron chi connectivity index (χ0n) is 9.64. The Labute approximate surface area is 98.6 Å². The average Bonchev–Trinajstić information content (AvgIpc) is 2.59. The van der Waals surface area contributed by atoms with E-state index in [9.17, 15) is 9.59 Å². The van der Waals surface area contributed by atoms with Gasteiger partial charge in [0.2, 0.25) is 0 Å². The molecule has 1 atom stereocenters. The fraction of sp³-hybridized carbons (Fsp3) is 0.333. The first kappa shape index (κ1) is 11.4. The van der Waals surface area contributed by atoms with Crippen molar-refractivity contribution in [3.8, 4) is 0 Å². The molecule has 1 aromatic rings. The van der Waals surface area contributed by atoms with Gasteiger partial charge in [0.05, 0.1) is 17.3 Å². The van der Waals surface area contributed by atoms with Crippen LogP contribution in [0.3, 0.4) is 0 Å². The van der Waals surface area contributed by atoms with Crippen LogP contribution in [-0.4, -0.2) is 29.8 Å². The summed E-state index contributed by atoms with van der Waals surface area (Å²) in [7, 11) is 0. The minimum Gasteiger partial charge on any atom is -0.478 e. The first-order valence-corrected chi connectivity index (χ1v) is 5.30. The van der Waals surface area contributed by atoms with Crippen molar-refractivity contribution in [1.29, 1.82) is 0 Å². The number of ether oxygens (including phenoxy) is 1. The second kappa shape index (κ2) is 4.08. The molecule has 1 aromatic carbocycles. The van der Waals surface area contributed by atoms with E-state index in [4.69, 9.17) is 9.84 Å². The zero-order valence-corrected chi connectivity index (χ0v) is 9.64. The molecule has 90 valence electrons. The maximum absolute atomic E-state index is 11.5. The fourth-order valence-electron chi connectivity index (χ4n) is 1.91. The number of cyclic esters (lactones) is 1. The normalized spacial score (nSPS) is 19.3. The van der Waals surface area contributed by atoms with Gasteiger partial charge in [0.15, 0.2) is 0 Å². The van der Waals surface area contributed by atoms with Gasteiger partial charge in [-0.25, -0.2) is 9.59 Å². The molecule has 5 nitrogen and oxygen atoms in total. The Morgan fingerprint density at radius 2 is 2.24 bits per heavy atom. The number of carboxylic acid groups (broad SMARTS) is 1. The van der Waals surface area contributed by atoms with Crippen LogP contribution in [0.1, 0.15) is 22.8 Å². The van der Waals surface area contributed by atoms with Crippen LogP contribution >= 0.6 is 0 Å². The number of carboxylic acids is 1. The summed E-state index contributed by atoms with van der Waals surface area (Å²) in [5.41, 5.74) is 1.66. The van der Waals surface area contributed by atoms with E-state index in [0.717, 1.165) is 5.56 Å². The third kappa shape index (κ3) is 1.95. The Morgan fingerprint density at radius 1 is 1.53 bits per heavy atom. The lowest BCUT2D eigenvalue weighted by molar-refractivity contribution is 0.0697. The standard InChI is InChI=1S/C12H13NO4/c1-7-5-9(11(14)15)3-4-10(7)13-8(2)6-17-12(13)16/h3-5,8H,6H2,1-2H3,(H,14,15). The molecule has 1 fully saturated rings.